The van der Waals surface area contributed by atoms with Gasteiger partial charge in [0.05, 0.1) is 12.9 Å². The van der Waals surface area contributed by atoms with Crippen LogP contribution in [0.25, 0.3) is 0 Å². The Labute approximate surface area is 110 Å². The third-order valence-corrected chi connectivity index (χ3v) is 3.52. The molecule has 0 aliphatic rings. The maximum atomic E-state index is 11.0. The van der Waals surface area contributed by atoms with Crippen LogP contribution in [0.15, 0.2) is 22.8 Å². The number of rotatable bonds is 8. The molecular formula is C15H24O3. The van der Waals surface area contributed by atoms with E-state index in [-0.39, 0.29) is 11.4 Å². The summed E-state index contributed by atoms with van der Waals surface area (Å²) in [5, 5.41) is 0. The number of unbranched alkanes of at least 4 members (excludes halogenated alkanes) is 1. The number of hydrogen-bond donors (Lipinski definition) is 0. The van der Waals surface area contributed by atoms with E-state index in [1.165, 1.54) is 6.92 Å². The van der Waals surface area contributed by atoms with Crippen molar-refractivity contribution in [3.63, 3.8) is 0 Å². The van der Waals surface area contributed by atoms with Crippen LogP contribution in [-0.2, 0) is 16.0 Å². The van der Waals surface area contributed by atoms with Crippen LogP contribution in [0.1, 0.15) is 52.2 Å². The minimum Gasteiger partial charge on any atom is -0.469 e. The van der Waals surface area contributed by atoms with Gasteiger partial charge in [-0.15, -0.1) is 0 Å². The van der Waals surface area contributed by atoms with Crippen molar-refractivity contribution >= 4 is 5.97 Å². The molecule has 0 aromatic carbocycles. The van der Waals surface area contributed by atoms with Gasteiger partial charge in [0.25, 0.3) is 0 Å². The van der Waals surface area contributed by atoms with Crippen molar-refractivity contribution in [2.24, 2.45) is 5.41 Å². The van der Waals surface area contributed by atoms with Crippen LogP contribution < -0.4 is 0 Å². The Morgan fingerprint density at radius 2 is 2.22 bits per heavy atom. The second-order valence-corrected chi connectivity index (χ2v) is 4.99. The fourth-order valence-electron chi connectivity index (χ4n) is 2.20. The first-order chi connectivity index (χ1) is 8.62. The average molecular weight is 252 g/mol. The second-order valence-electron chi connectivity index (χ2n) is 4.99. The first-order valence-electron chi connectivity index (χ1n) is 6.77. The molecule has 102 valence electrons. The molecule has 0 bridgehead atoms. The van der Waals surface area contributed by atoms with Crippen LogP contribution in [0.2, 0.25) is 0 Å². The van der Waals surface area contributed by atoms with Crippen molar-refractivity contribution in [1.82, 2.24) is 0 Å². The van der Waals surface area contributed by atoms with Gasteiger partial charge in [-0.05, 0) is 25.0 Å². The molecule has 0 spiro atoms. The third-order valence-electron chi connectivity index (χ3n) is 3.52. The SMILES string of the molecule is CCCCC(CC)(COC(C)=O)Cc1ccco1. The minimum atomic E-state index is -0.205. The quantitative estimate of drug-likeness (QED) is 0.657. The van der Waals surface area contributed by atoms with E-state index in [4.69, 9.17) is 9.15 Å². The molecular weight excluding hydrogens is 228 g/mol. The zero-order valence-electron chi connectivity index (χ0n) is 11.7. The number of furan rings is 1. The van der Waals surface area contributed by atoms with E-state index in [0.717, 1.165) is 37.9 Å². The summed E-state index contributed by atoms with van der Waals surface area (Å²) in [5.74, 6) is 0.767. The Morgan fingerprint density at radius 1 is 1.44 bits per heavy atom. The van der Waals surface area contributed by atoms with Crippen molar-refractivity contribution in [3.05, 3.63) is 24.2 Å². The van der Waals surface area contributed by atoms with Gasteiger partial charge in [-0.1, -0.05) is 26.7 Å². The lowest BCUT2D eigenvalue weighted by molar-refractivity contribution is -0.145. The van der Waals surface area contributed by atoms with E-state index in [9.17, 15) is 4.79 Å². The molecule has 0 aliphatic heterocycles. The van der Waals surface area contributed by atoms with Crippen LogP contribution in [0.4, 0.5) is 0 Å². The highest BCUT2D eigenvalue weighted by Crippen LogP contribution is 2.33. The number of ether oxygens (including phenoxy) is 1. The van der Waals surface area contributed by atoms with Gasteiger partial charge in [0.2, 0.25) is 0 Å². The molecule has 1 aromatic rings. The summed E-state index contributed by atoms with van der Waals surface area (Å²) in [6.07, 6.45) is 6.88. The van der Waals surface area contributed by atoms with Gasteiger partial charge in [0.15, 0.2) is 0 Å². The minimum absolute atomic E-state index is 0.0134. The zero-order valence-corrected chi connectivity index (χ0v) is 11.7. The van der Waals surface area contributed by atoms with Crippen molar-refractivity contribution in [2.45, 2.75) is 52.9 Å². The number of carbonyl (C=O) groups is 1. The van der Waals surface area contributed by atoms with E-state index < -0.39 is 0 Å². The highest BCUT2D eigenvalue weighted by atomic mass is 16.5. The summed E-state index contributed by atoms with van der Waals surface area (Å²) in [6, 6.07) is 3.89. The van der Waals surface area contributed by atoms with Gasteiger partial charge in [0.1, 0.15) is 5.76 Å². The van der Waals surface area contributed by atoms with E-state index in [2.05, 4.69) is 13.8 Å². The second kappa shape index (κ2) is 7.24. The van der Waals surface area contributed by atoms with Gasteiger partial charge >= 0.3 is 5.97 Å². The standard InChI is InChI=1S/C15H24O3/c1-4-6-9-15(5-2,12-18-13(3)16)11-14-8-7-10-17-14/h7-8,10H,4-6,9,11-12H2,1-3H3. The van der Waals surface area contributed by atoms with Crippen LogP contribution in [-0.4, -0.2) is 12.6 Å². The van der Waals surface area contributed by atoms with Crippen LogP contribution in [0.3, 0.4) is 0 Å². The molecule has 3 nitrogen and oxygen atoms in total. The first-order valence-corrected chi connectivity index (χ1v) is 6.77. The van der Waals surface area contributed by atoms with Crippen LogP contribution >= 0.6 is 0 Å². The van der Waals surface area contributed by atoms with E-state index in [1.54, 1.807) is 6.26 Å². The molecule has 18 heavy (non-hydrogen) atoms. The molecule has 0 saturated carbocycles. The highest BCUT2D eigenvalue weighted by molar-refractivity contribution is 5.65. The fraction of sp³-hybridized carbons (Fsp3) is 0.667. The fourth-order valence-corrected chi connectivity index (χ4v) is 2.20. The van der Waals surface area contributed by atoms with Gasteiger partial charge in [0, 0.05) is 18.8 Å². The zero-order chi connectivity index (χ0) is 13.4. The van der Waals surface area contributed by atoms with Crippen molar-refractivity contribution in [1.29, 1.82) is 0 Å². The van der Waals surface area contributed by atoms with Gasteiger partial charge < -0.3 is 9.15 Å². The third kappa shape index (κ3) is 4.55. The van der Waals surface area contributed by atoms with E-state index in [0.29, 0.717) is 6.61 Å². The molecule has 0 fully saturated rings. The van der Waals surface area contributed by atoms with E-state index in [1.807, 2.05) is 12.1 Å². The number of hydrogen-bond acceptors (Lipinski definition) is 3. The highest BCUT2D eigenvalue weighted by Gasteiger charge is 2.30. The van der Waals surface area contributed by atoms with Gasteiger partial charge in [-0.3, -0.25) is 4.79 Å². The van der Waals surface area contributed by atoms with Crippen molar-refractivity contribution in [3.8, 4) is 0 Å². The lowest BCUT2D eigenvalue weighted by Crippen LogP contribution is -2.30. The summed E-state index contributed by atoms with van der Waals surface area (Å²) in [5.41, 5.74) is 0.0134. The lowest BCUT2D eigenvalue weighted by Gasteiger charge is -2.31. The molecule has 0 saturated heterocycles. The van der Waals surface area contributed by atoms with Crippen LogP contribution in [0, 0.1) is 5.41 Å². The summed E-state index contributed by atoms with van der Waals surface area (Å²) < 4.78 is 10.7. The van der Waals surface area contributed by atoms with Gasteiger partial charge in [-0.2, -0.15) is 0 Å². The predicted octanol–water partition coefficient (Wildman–Crippen LogP) is 3.97. The number of carbonyl (C=O) groups excluding carboxylic acids is 1. The molecule has 0 radical (unpaired) electrons. The van der Waals surface area contributed by atoms with Crippen LogP contribution in [0.5, 0.6) is 0 Å². The Kier molecular flexibility index (Phi) is 5.96. The van der Waals surface area contributed by atoms with Gasteiger partial charge in [-0.25, -0.2) is 0 Å². The van der Waals surface area contributed by atoms with E-state index >= 15 is 0 Å². The molecule has 1 atom stereocenters. The predicted molar refractivity (Wildman–Crippen MR) is 71.3 cm³/mol. The first kappa shape index (κ1) is 14.8. The van der Waals surface area contributed by atoms with Crippen molar-refractivity contribution < 1.29 is 13.9 Å². The van der Waals surface area contributed by atoms with Crippen molar-refractivity contribution in [2.75, 3.05) is 6.61 Å². The Bertz CT molecular complexity index is 343. The summed E-state index contributed by atoms with van der Waals surface area (Å²) >= 11 is 0. The Hall–Kier alpha value is -1.25. The summed E-state index contributed by atoms with van der Waals surface area (Å²) in [4.78, 5) is 11.0. The monoisotopic (exact) mass is 252 g/mol. The maximum absolute atomic E-state index is 11.0. The number of esters is 1. The topological polar surface area (TPSA) is 39.4 Å². The molecule has 1 rings (SSSR count). The Balaban J connectivity index is 2.72. The molecule has 3 heteroatoms. The maximum Gasteiger partial charge on any atom is 0.302 e. The Morgan fingerprint density at radius 3 is 2.72 bits per heavy atom. The molecule has 0 N–H and O–H groups in total. The lowest BCUT2D eigenvalue weighted by atomic mass is 9.77. The molecule has 0 aliphatic carbocycles. The smallest absolute Gasteiger partial charge is 0.302 e. The average Bonchev–Trinajstić information content (AvgIpc) is 2.85. The molecule has 1 aromatic heterocycles. The molecule has 1 unspecified atom stereocenters. The largest absolute Gasteiger partial charge is 0.469 e. The summed E-state index contributed by atoms with van der Waals surface area (Å²) in [7, 11) is 0. The summed E-state index contributed by atoms with van der Waals surface area (Å²) in [6.45, 7) is 6.29. The molecule has 0 amide bonds. The normalized spacial score (nSPS) is 14.2. The molecule has 1 heterocycles.